The molecule has 0 aliphatic heterocycles. The Balaban J connectivity index is 2.73. The quantitative estimate of drug-likeness (QED) is 0.328. The zero-order valence-electron chi connectivity index (χ0n) is 10.3. The topological polar surface area (TPSA) is 75.1 Å². The van der Waals surface area contributed by atoms with Crippen molar-refractivity contribution in [1.82, 2.24) is 0 Å². The number of hydrogen-bond acceptors (Lipinski definition) is 3. The lowest BCUT2D eigenvalue weighted by Gasteiger charge is -2.25. The van der Waals surface area contributed by atoms with Gasteiger partial charge in [-0.1, -0.05) is 5.11 Å². The maximum atomic E-state index is 11.3. The minimum atomic E-state index is -1.65. The third-order valence-electron chi connectivity index (χ3n) is 2.75. The Kier molecular flexibility index (Phi) is 4.13. The zero-order valence-corrected chi connectivity index (χ0v) is 11.3. The molecule has 0 heterocycles. The van der Waals surface area contributed by atoms with Crippen molar-refractivity contribution in [3.05, 3.63) is 10.4 Å². The molecule has 16 heavy (non-hydrogen) atoms. The summed E-state index contributed by atoms with van der Waals surface area (Å²) >= 11 is 0. The molecule has 90 valence electrons. The highest BCUT2D eigenvalue weighted by atomic mass is 28.4. The molecule has 1 rings (SSSR count). The van der Waals surface area contributed by atoms with Gasteiger partial charge in [0.2, 0.25) is 0 Å². The molecule has 1 aliphatic carbocycles. The molecule has 0 aromatic rings. The lowest BCUT2D eigenvalue weighted by molar-refractivity contribution is -0.120. The van der Waals surface area contributed by atoms with Crippen molar-refractivity contribution < 1.29 is 9.22 Å². The normalized spacial score (nSPS) is 29.9. The van der Waals surface area contributed by atoms with Gasteiger partial charge < -0.3 is 4.43 Å². The van der Waals surface area contributed by atoms with Crippen molar-refractivity contribution in [2.24, 2.45) is 11.0 Å². The maximum absolute atomic E-state index is 11.3. The van der Waals surface area contributed by atoms with Gasteiger partial charge in [-0.25, -0.2) is 0 Å². The summed E-state index contributed by atoms with van der Waals surface area (Å²) in [6.07, 6.45) is 1.26. The van der Waals surface area contributed by atoms with Crippen molar-refractivity contribution in [2.75, 3.05) is 0 Å². The largest absolute Gasteiger partial charge is 0.414 e. The van der Waals surface area contributed by atoms with Crippen LogP contribution in [0.1, 0.15) is 19.8 Å². The van der Waals surface area contributed by atoms with Crippen molar-refractivity contribution in [3.63, 3.8) is 0 Å². The summed E-state index contributed by atoms with van der Waals surface area (Å²) in [5, 5.41) is 3.75. The average molecular weight is 241 g/mol. The Morgan fingerprint density at radius 1 is 1.44 bits per heavy atom. The predicted octanol–water partition coefficient (Wildman–Crippen LogP) is 2.88. The third-order valence-corrected chi connectivity index (χ3v) is 3.76. The van der Waals surface area contributed by atoms with Crippen molar-refractivity contribution in [3.8, 4) is 0 Å². The van der Waals surface area contributed by atoms with E-state index in [1.54, 1.807) is 6.92 Å². The number of ketones is 1. The SMILES string of the molecule is CC(=O)C1CC(N=[N+]=[N-])C(O[Si](C)(C)C)C1. The zero-order chi connectivity index (χ0) is 12.3. The van der Waals surface area contributed by atoms with E-state index >= 15 is 0 Å². The molecule has 1 aliphatic rings. The van der Waals surface area contributed by atoms with E-state index in [9.17, 15) is 4.79 Å². The van der Waals surface area contributed by atoms with Crippen LogP contribution in [-0.4, -0.2) is 26.2 Å². The van der Waals surface area contributed by atoms with Gasteiger partial charge >= 0.3 is 0 Å². The number of hydrogen-bond donors (Lipinski definition) is 0. The molecule has 0 amide bonds. The first-order valence-electron chi connectivity index (χ1n) is 5.56. The summed E-state index contributed by atoms with van der Waals surface area (Å²) in [6, 6.07) is -0.175. The molecule has 6 heteroatoms. The summed E-state index contributed by atoms with van der Waals surface area (Å²) in [6.45, 7) is 7.89. The fourth-order valence-corrected chi connectivity index (χ4v) is 3.24. The molecule has 0 bridgehead atoms. The molecular formula is C10H19N3O2Si. The molecule has 0 saturated heterocycles. The van der Waals surface area contributed by atoms with Crippen molar-refractivity contribution in [2.45, 2.75) is 51.6 Å². The van der Waals surface area contributed by atoms with Gasteiger partial charge in [-0.05, 0) is 44.9 Å². The fourth-order valence-electron chi connectivity index (χ4n) is 2.08. The molecule has 3 unspecified atom stereocenters. The van der Waals surface area contributed by atoms with Crippen molar-refractivity contribution >= 4 is 14.1 Å². The monoisotopic (exact) mass is 241 g/mol. The van der Waals surface area contributed by atoms with E-state index in [2.05, 4.69) is 29.7 Å². The predicted molar refractivity (Wildman–Crippen MR) is 64.6 cm³/mol. The van der Waals surface area contributed by atoms with E-state index < -0.39 is 8.32 Å². The first-order chi connectivity index (χ1) is 7.33. The van der Waals surface area contributed by atoms with Crippen LogP contribution in [0.4, 0.5) is 0 Å². The van der Waals surface area contributed by atoms with E-state index in [4.69, 9.17) is 9.96 Å². The third kappa shape index (κ3) is 3.63. The molecule has 3 atom stereocenters. The van der Waals surface area contributed by atoms with Crippen LogP contribution in [0.3, 0.4) is 0 Å². The minimum absolute atomic E-state index is 0.00292. The number of rotatable bonds is 4. The van der Waals surface area contributed by atoms with Gasteiger partial charge in [0, 0.05) is 10.8 Å². The standard InChI is InChI=1S/C10H19N3O2Si/c1-7(14)8-5-9(12-13-11)10(6-8)15-16(2,3)4/h8-10H,5-6H2,1-4H3. The van der Waals surface area contributed by atoms with Gasteiger partial charge in [-0.3, -0.25) is 4.79 Å². The van der Waals surface area contributed by atoms with Gasteiger partial charge in [0.25, 0.3) is 0 Å². The second-order valence-electron chi connectivity index (χ2n) is 5.32. The van der Waals surface area contributed by atoms with Crippen molar-refractivity contribution in [1.29, 1.82) is 0 Å². The van der Waals surface area contributed by atoms with Gasteiger partial charge in [-0.2, -0.15) is 0 Å². The highest BCUT2D eigenvalue weighted by Crippen LogP contribution is 2.33. The molecule has 5 nitrogen and oxygen atoms in total. The van der Waals surface area contributed by atoms with Gasteiger partial charge in [-0.15, -0.1) is 0 Å². The number of azide groups is 1. The van der Waals surface area contributed by atoms with E-state index in [-0.39, 0.29) is 23.8 Å². The smallest absolute Gasteiger partial charge is 0.184 e. The van der Waals surface area contributed by atoms with E-state index in [0.717, 1.165) is 0 Å². The Morgan fingerprint density at radius 3 is 2.50 bits per heavy atom. The van der Waals surface area contributed by atoms with Gasteiger partial charge in [0.05, 0.1) is 12.1 Å². The van der Waals surface area contributed by atoms with Crippen LogP contribution in [0.2, 0.25) is 19.6 Å². The van der Waals surface area contributed by atoms with Crippen LogP contribution in [0.25, 0.3) is 10.4 Å². The second-order valence-corrected chi connectivity index (χ2v) is 9.78. The summed E-state index contributed by atoms with van der Waals surface area (Å²) in [5.74, 6) is 0.164. The van der Waals surface area contributed by atoms with Crippen LogP contribution in [0.15, 0.2) is 5.11 Å². The van der Waals surface area contributed by atoms with E-state index in [0.29, 0.717) is 12.8 Å². The maximum Gasteiger partial charge on any atom is 0.184 e. The molecule has 1 fully saturated rings. The van der Waals surface area contributed by atoms with Crippen LogP contribution < -0.4 is 0 Å². The van der Waals surface area contributed by atoms with E-state index in [1.807, 2.05) is 0 Å². The summed E-state index contributed by atoms with van der Waals surface area (Å²) < 4.78 is 5.97. The van der Waals surface area contributed by atoms with Crippen LogP contribution in [-0.2, 0) is 9.22 Å². The number of nitrogens with zero attached hydrogens (tertiary/aromatic N) is 3. The summed E-state index contributed by atoms with van der Waals surface area (Å²) in [4.78, 5) is 14.2. The number of carbonyl (C=O) groups excluding carboxylic acids is 1. The molecule has 0 aromatic carbocycles. The fraction of sp³-hybridized carbons (Fsp3) is 0.900. The van der Waals surface area contributed by atoms with Crippen LogP contribution in [0, 0.1) is 5.92 Å². The first-order valence-corrected chi connectivity index (χ1v) is 8.97. The molecule has 0 aromatic heterocycles. The van der Waals surface area contributed by atoms with Crippen LogP contribution >= 0.6 is 0 Å². The first kappa shape index (κ1) is 13.2. The Morgan fingerprint density at radius 2 is 2.06 bits per heavy atom. The highest BCUT2D eigenvalue weighted by molar-refractivity contribution is 6.69. The molecule has 0 N–H and O–H groups in total. The lowest BCUT2D eigenvalue weighted by Crippen LogP contribution is -2.35. The molecule has 0 spiro atoms. The summed E-state index contributed by atoms with van der Waals surface area (Å²) in [5.41, 5.74) is 8.50. The average Bonchev–Trinajstić information content (AvgIpc) is 2.47. The molecule has 0 radical (unpaired) electrons. The second kappa shape index (κ2) is 4.99. The minimum Gasteiger partial charge on any atom is -0.414 e. The summed E-state index contributed by atoms with van der Waals surface area (Å²) in [7, 11) is -1.65. The Bertz CT molecular complexity index is 321. The molecule has 1 saturated carbocycles. The van der Waals surface area contributed by atoms with Gasteiger partial charge in [0.15, 0.2) is 8.32 Å². The highest BCUT2D eigenvalue weighted by Gasteiger charge is 2.38. The molecular weight excluding hydrogens is 222 g/mol. The number of Topliss-reactive ketones (excluding diaryl/α,β-unsaturated/α-hetero) is 1. The Labute approximate surface area is 96.9 Å². The van der Waals surface area contributed by atoms with Gasteiger partial charge in [0.1, 0.15) is 5.78 Å². The van der Waals surface area contributed by atoms with Crippen LogP contribution in [0.5, 0.6) is 0 Å². The Hall–Kier alpha value is -0.843. The van der Waals surface area contributed by atoms with E-state index in [1.165, 1.54) is 0 Å². The lowest BCUT2D eigenvalue weighted by atomic mass is 10.0. The number of carbonyl (C=O) groups is 1.